The number of pyridine rings is 1. The second kappa shape index (κ2) is 11.2. The molecule has 7 N–H and O–H groups in total. The van der Waals surface area contributed by atoms with E-state index in [4.69, 9.17) is 22.4 Å². The van der Waals surface area contributed by atoms with Crippen molar-refractivity contribution in [3.05, 3.63) is 58.6 Å². The number of carbonyl (C=O) groups is 1. The normalized spacial score (nSPS) is 12.0. The number of halogens is 2. The first-order valence-electron chi connectivity index (χ1n) is 8.92. The smallest absolute Gasteiger partial charge is 0.277 e. The van der Waals surface area contributed by atoms with E-state index >= 15 is 0 Å². The van der Waals surface area contributed by atoms with Gasteiger partial charge in [-0.1, -0.05) is 17.7 Å². The number of aliphatic imine (C=N–C) groups is 1. The summed E-state index contributed by atoms with van der Waals surface area (Å²) < 4.78 is 14.4. The number of para-hydroxylation sites is 1. The SMILES string of the molecule is CC[NH2+]C(C=C(N)CO)=Nc1cc(Nc2c(F)cccc2C(=O)NOC)c(Cl)cn1. The quantitative estimate of drug-likeness (QED) is 0.240. The topological polar surface area (TPSA) is 138 Å². The summed E-state index contributed by atoms with van der Waals surface area (Å²) in [6.45, 7) is 2.29. The highest BCUT2D eigenvalue weighted by Crippen LogP contribution is 2.31. The number of hydrogen-bond acceptors (Lipinski definition) is 7. The molecular formula is C19H23ClFN6O3+. The molecule has 0 radical (unpaired) electrons. The number of rotatable bonds is 8. The molecule has 0 aliphatic heterocycles. The lowest BCUT2D eigenvalue weighted by molar-refractivity contribution is -0.534. The van der Waals surface area contributed by atoms with Crippen LogP contribution in [0.5, 0.6) is 0 Å². The molecule has 160 valence electrons. The zero-order chi connectivity index (χ0) is 22.1. The fraction of sp³-hybridized carbons (Fsp3) is 0.211. The van der Waals surface area contributed by atoms with Crippen LogP contribution in [0.4, 0.5) is 21.6 Å². The summed E-state index contributed by atoms with van der Waals surface area (Å²) in [6, 6.07) is 5.54. The summed E-state index contributed by atoms with van der Waals surface area (Å²) in [5.74, 6) is -0.526. The van der Waals surface area contributed by atoms with Gasteiger partial charge in [0.15, 0.2) is 5.82 Å². The highest BCUT2D eigenvalue weighted by molar-refractivity contribution is 6.33. The van der Waals surface area contributed by atoms with Crippen molar-refractivity contribution in [1.29, 1.82) is 0 Å². The van der Waals surface area contributed by atoms with Gasteiger partial charge in [0.05, 0.1) is 48.4 Å². The van der Waals surface area contributed by atoms with Gasteiger partial charge in [-0.15, -0.1) is 0 Å². The third-order valence-electron chi connectivity index (χ3n) is 3.73. The molecule has 9 nitrogen and oxygen atoms in total. The van der Waals surface area contributed by atoms with Crippen molar-refractivity contribution in [2.24, 2.45) is 10.7 Å². The standard InChI is InChI=1S/C19H22ClFN6O3/c1-3-23-16(7-11(22)10-28)26-17-8-15(13(20)9-24-17)25-18-12(19(29)27-30-2)5-4-6-14(18)21/h4-9,28H,3,10,22H2,1-2H3,(H,27,29)(H2,23,24,25,26)/p+1. The minimum atomic E-state index is -0.657. The average molecular weight is 438 g/mol. The van der Waals surface area contributed by atoms with E-state index in [1.54, 1.807) is 5.32 Å². The van der Waals surface area contributed by atoms with Gasteiger partial charge >= 0.3 is 0 Å². The van der Waals surface area contributed by atoms with E-state index in [2.05, 4.69) is 25.6 Å². The van der Waals surface area contributed by atoms with E-state index in [-0.39, 0.29) is 40.1 Å². The summed E-state index contributed by atoms with van der Waals surface area (Å²) in [6.07, 6.45) is 2.87. The molecule has 0 atom stereocenters. The molecule has 30 heavy (non-hydrogen) atoms. The van der Waals surface area contributed by atoms with Gasteiger partial charge in [-0.3, -0.25) is 14.9 Å². The maximum atomic E-state index is 14.4. The van der Waals surface area contributed by atoms with E-state index in [9.17, 15) is 9.18 Å². The Morgan fingerprint density at radius 3 is 2.93 bits per heavy atom. The highest BCUT2D eigenvalue weighted by Gasteiger charge is 2.17. The molecule has 1 aromatic heterocycles. The predicted molar refractivity (Wildman–Crippen MR) is 112 cm³/mol. The van der Waals surface area contributed by atoms with Crippen molar-refractivity contribution >= 4 is 40.5 Å². The lowest BCUT2D eigenvalue weighted by atomic mass is 10.1. The molecule has 0 unspecified atom stereocenters. The van der Waals surface area contributed by atoms with Crippen LogP contribution in [0.25, 0.3) is 0 Å². The number of nitrogens with two attached hydrogens (primary N) is 2. The van der Waals surface area contributed by atoms with Crippen LogP contribution in [-0.4, -0.2) is 42.1 Å². The zero-order valence-corrected chi connectivity index (χ0v) is 17.2. The number of benzene rings is 1. The van der Waals surface area contributed by atoms with Gasteiger partial charge in [0, 0.05) is 17.8 Å². The predicted octanol–water partition coefficient (Wildman–Crippen LogP) is 1.36. The molecule has 0 saturated carbocycles. The Balaban J connectivity index is 2.44. The first-order chi connectivity index (χ1) is 14.4. The van der Waals surface area contributed by atoms with Crippen LogP contribution in [0.15, 0.2) is 47.2 Å². The molecule has 2 aromatic rings. The van der Waals surface area contributed by atoms with Crippen molar-refractivity contribution in [3.8, 4) is 0 Å². The Hall–Kier alpha value is -3.05. The van der Waals surface area contributed by atoms with Gasteiger partial charge in [0.25, 0.3) is 5.91 Å². The molecule has 1 amide bonds. The van der Waals surface area contributed by atoms with E-state index in [0.717, 1.165) is 0 Å². The number of anilines is 2. The van der Waals surface area contributed by atoms with Gasteiger partial charge in [0.1, 0.15) is 5.82 Å². The number of likely N-dealkylation sites (N-methyl/N-ethyl adjacent to an activating group) is 1. The van der Waals surface area contributed by atoms with Gasteiger partial charge < -0.3 is 16.2 Å². The molecule has 1 heterocycles. The molecule has 11 heteroatoms. The van der Waals surface area contributed by atoms with Gasteiger partial charge in [-0.2, -0.15) is 4.99 Å². The van der Waals surface area contributed by atoms with E-state index in [1.165, 1.54) is 43.6 Å². The number of hydroxylamine groups is 1. The fourth-order valence-electron chi connectivity index (χ4n) is 2.42. The fourth-order valence-corrected chi connectivity index (χ4v) is 2.57. The van der Waals surface area contributed by atoms with E-state index in [1.807, 2.05) is 6.92 Å². The summed E-state index contributed by atoms with van der Waals surface area (Å²) in [4.78, 5) is 25.3. The molecule has 1 aromatic carbocycles. The van der Waals surface area contributed by atoms with E-state index in [0.29, 0.717) is 12.4 Å². The Morgan fingerprint density at radius 2 is 2.27 bits per heavy atom. The lowest BCUT2D eigenvalue weighted by Gasteiger charge is -2.14. The molecule has 0 spiro atoms. The molecule has 0 aliphatic rings. The Labute approximate surface area is 177 Å². The van der Waals surface area contributed by atoms with Gasteiger partial charge in [0.2, 0.25) is 5.84 Å². The molecule has 0 fully saturated rings. The van der Waals surface area contributed by atoms with Crippen LogP contribution in [0, 0.1) is 5.82 Å². The van der Waals surface area contributed by atoms with Crippen molar-refractivity contribution in [3.63, 3.8) is 0 Å². The van der Waals surface area contributed by atoms with Crippen LogP contribution in [0.2, 0.25) is 5.02 Å². The van der Waals surface area contributed by atoms with Crippen molar-refractivity contribution in [2.75, 3.05) is 25.6 Å². The summed E-state index contributed by atoms with van der Waals surface area (Å²) in [7, 11) is 1.28. The number of carbonyl (C=O) groups excluding carboxylic acids is 1. The maximum Gasteiger partial charge on any atom is 0.277 e. The number of hydrogen-bond donors (Lipinski definition) is 5. The summed E-state index contributed by atoms with van der Waals surface area (Å²) >= 11 is 6.20. The number of amidine groups is 1. The van der Waals surface area contributed by atoms with Crippen LogP contribution in [0.3, 0.4) is 0 Å². The van der Waals surface area contributed by atoms with Crippen molar-refractivity contribution in [1.82, 2.24) is 10.5 Å². The Morgan fingerprint density at radius 1 is 1.50 bits per heavy atom. The number of nitrogens with zero attached hydrogens (tertiary/aromatic N) is 2. The number of aliphatic hydroxyl groups is 1. The molecule has 0 bridgehead atoms. The largest absolute Gasteiger partial charge is 0.400 e. The number of nitrogens with one attached hydrogen (secondary N) is 2. The second-order valence-corrected chi connectivity index (χ2v) is 6.38. The molecule has 0 aliphatic carbocycles. The average Bonchev–Trinajstić information content (AvgIpc) is 2.72. The Kier molecular flexibility index (Phi) is 8.69. The number of aromatic nitrogens is 1. The number of aliphatic hydroxyl groups excluding tert-OH is 1. The van der Waals surface area contributed by atoms with Crippen LogP contribution in [0.1, 0.15) is 17.3 Å². The number of amides is 1. The zero-order valence-electron chi connectivity index (χ0n) is 16.4. The Bertz CT molecular complexity index is 967. The minimum Gasteiger partial charge on any atom is -0.400 e. The third kappa shape index (κ3) is 6.22. The lowest BCUT2D eigenvalue weighted by Crippen LogP contribution is -2.87. The van der Waals surface area contributed by atoms with Crippen LogP contribution >= 0.6 is 11.6 Å². The molecular weight excluding hydrogens is 415 g/mol. The van der Waals surface area contributed by atoms with Crippen molar-refractivity contribution < 1.29 is 24.4 Å². The third-order valence-corrected chi connectivity index (χ3v) is 4.03. The molecule has 0 saturated heterocycles. The van der Waals surface area contributed by atoms with Crippen LogP contribution < -0.4 is 21.8 Å². The molecule has 2 rings (SSSR count). The van der Waals surface area contributed by atoms with Gasteiger partial charge in [-0.05, 0) is 19.1 Å². The first kappa shape index (κ1) is 23.2. The van der Waals surface area contributed by atoms with E-state index < -0.39 is 11.7 Å². The van der Waals surface area contributed by atoms with Crippen LogP contribution in [-0.2, 0) is 4.84 Å². The summed E-state index contributed by atoms with van der Waals surface area (Å²) in [5.41, 5.74) is 8.28. The maximum absolute atomic E-state index is 14.4. The monoisotopic (exact) mass is 437 g/mol. The highest BCUT2D eigenvalue weighted by atomic mass is 35.5. The van der Waals surface area contributed by atoms with Gasteiger partial charge in [-0.25, -0.2) is 14.9 Å². The van der Waals surface area contributed by atoms with Crippen molar-refractivity contribution in [2.45, 2.75) is 6.92 Å². The minimum absolute atomic E-state index is 0.0217. The summed E-state index contributed by atoms with van der Waals surface area (Å²) in [5, 5.41) is 13.9. The second-order valence-electron chi connectivity index (χ2n) is 5.97. The number of quaternary nitrogens is 1. The first-order valence-corrected chi connectivity index (χ1v) is 9.30.